The molecule has 0 saturated heterocycles. The first kappa shape index (κ1) is 50.1. The number of aromatic nitrogens is 4. The Morgan fingerprint density at radius 3 is 0.795 bits per heavy atom. The van der Waals surface area contributed by atoms with E-state index < -0.39 is 136 Å². The Bertz CT molecular complexity index is 3940. The van der Waals surface area contributed by atoms with Gasteiger partial charge in [-0.25, -0.2) is 55.1 Å². The number of hydrogen-bond acceptors (Lipinski definition) is 10. The van der Waals surface area contributed by atoms with Crippen molar-refractivity contribution in [3.05, 3.63) is 247 Å². The van der Waals surface area contributed by atoms with Crippen molar-refractivity contribution in [2.24, 2.45) is 0 Å². The minimum Gasteiger partial charge on any atom is -0.228 e. The minimum atomic E-state index is -2.31. The average Bonchev–Trinajstić information content (AvgIpc) is 4.03. The highest BCUT2D eigenvalue weighted by molar-refractivity contribution is 6.16. The molecule has 8 aromatic rings. The summed E-state index contributed by atoms with van der Waals surface area (Å²) in [6.45, 7) is 0. The van der Waals surface area contributed by atoms with E-state index in [9.17, 15) is 31.6 Å². The fourth-order valence-corrected chi connectivity index (χ4v) is 9.19. The lowest BCUT2D eigenvalue weighted by atomic mass is 9.85. The van der Waals surface area contributed by atoms with E-state index in [2.05, 4.69) is 0 Å². The lowest BCUT2D eigenvalue weighted by Crippen LogP contribution is -2.11. The first-order valence-electron chi connectivity index (χ1n) is 22.7. The highest BCUT2D eigenvalue weighted by Crippen LogP contribution is 2.59. The van der Waals surface area contributed by atoms with Gasteiger partial charge in [-0.15, -0.1) is 0 Å². The van der Waals surface area contributed by atoms with Crippen LogP contribution in [0.25, 0.3) is 67.3 Å². The third-order valence-corrected chi connectivity index (χ3v) is 12.6. The molecule has 2 aliphatic carbocycles. The molecule has 0 aliphatic heterocycles. The zero-order chi connectivity index (χ0) is 55.1. The van der Waals surface area contributed by atoms with Crippen molar-refractivity contribution in [2.75, 3.05) is 0 Å². The smallest absolute Gasteiger partial charge is 0.180 e. The molecule has 0 unspecified atom stereocenters. The number of rotatable bonds is 8. The summed E-state index contributed by atoms with van der Waals surface area (Å²) >= 11 is 0. The maximum Gasteiger partial charge on any atom is 0.180 e. The fourth-order valence-electron chi connectivity index (χ4n) is 9.19. The molecule has 0 atom stereocenters. The average molecular weight is 1030 g/mol. The van der Waals surface area contributed by atoms with Crippen LogP contribution in [0.2, 0.25) is 0 Å². The van der Waals surface area contributed by atoms with Crippen molar-refractivity contribution in [2.45, 2.75) is 0 Å². The molecule has 0 N–H and O–H groups in total. The standard InChI is InChI=1S/C60H22F8N10/c61-51-37(27-73)52(62)56(66)49(55(51)65)35(25-71)45-44-34(24-70)48(60-77-41(31-17-9-3-10-18-31)22-42(78-60)32-19-11-4-12-20-32)46(36(26-72)50-57(67)53(63)38(28-74)54(64)58(50)68)43(44)33(23-69)47(45)59-75-39(29-13-5-1-6-14-29)21-40(76-59)30-15-7-2-8-16-30/h1-22H/b45-35+,46-36+. The fraction of sp³-hybridized carbons (Fsp3) is 0. The van der Waals surface area contributed by atoms with Gasteiger partial charge in [0.1, 0.15) is 47.5 Å². The number of allylic oxidation sites excluding steroid dienone is 10. The highest BCUT2D eigenvalue weighted by Gasteiger charge is 2.48. The molecule has 2 heterocycles. The van der Waals surface area contributed by atoms with Gasteiger partial charge in [0.25, 0.3) is 0 Å². The molecule has 18 heteroatoms. The zero-order valence-corrected chi connectivity index (χ0v) is 39.2. The maximum absolute atomic E-state index is 16.7. The molecule has 6 aromatic carbocycles. The number of halogens is 8. The maximum atomic E-state index is 16.7. The molecule has 10 nitrogen and oxygen atoms in total. The van der Waals surface area contributed by atoms with Crippen LogP contribution < -0.4 is 0 Å². The molecule has 0 bridgehead atoms. The van der Waals surface area contributed by atoms with E-state index in [1.54, 1.807) is 121 Å². The first-order valence-corrected chi connectivity index (χ1v) is 22.7. The Balaban J connectivity index is 1.45. The summed E-state index contributed by atoms with van der Waals surface area (Å²) in [6, 6.07) is 44.7. The Labute approximate surface area is 436 Å². The molecule has 78 heavy (non-hydrogen) atoms. The molecular weight excluding hydrogens is 1010 g/mol. The summed E-state index contributed by atoms with van der Waals surface area (Å²) in [5.74, 6) is -19.5. The lowest BCUT2D eigenvalue weighted by molar-refractivity contribution is 0.447. The lowest BCUT2D eigenvalue weighted by Gasteiger charge is -2.18. The molecule has 0 spiro atoms. The van der Waals surface area contributed by atoms with E-state index in [0.29, 0.717) is 22.3 Å². The predicted octanol–water partition coefficient (Wildman–Crippen LogP) is 13.3. The van der Waals surface area contributed by atoms with E-state index in [1.165, 1.54) is 24.3 Å². The molecule has 0 radical (unpaired) electrons. The number of nitrogens with zero attached hydrogens (tertiary/aromatic N) is 10. The van der Waals surface area contributed by atoms with Crippen molar-refractivity contribution in [3.63, 3.8) is 0 Å². The van der Waals surface area contributed by atoms with Crippen LogP contribution in [0.5, 0.6) is 0 Å². The van der Waals surface area contributed by atoms with E-state index in [1.807, 2.05) is 12.1 Å². The van der Waals surface area contributed by atoms with Crippen molar-refractivity contribution in [1.82, 2.24) is 19.9 Å². The number of benzene rings is 6. The van der Waals surface area contributed by atoms with Crippen LogP contribution in [-0.2, 0) is 0 Å². The van der Waals surface area contributed by atoms with E-state index >= 15 is 35.1 Å². The Morgan fingerprint density at radius 2 is 0.577 bits per heavy atom. The van der Waals surface area contributed by atoms with Crippen molar-refractivity contribution in [1.29, 1.82) is 31.6 Å². The van der Waals surface area contributed by atoms with Crippen LogP contribution in [-0.4, -0.2) is 19.9 Å². The highest BCUT2D eigenvalue weighted by atomic mass is 19.2. The van der Waals surface area contributed by atoms with E-state index in [4.69, 9.17) is 19.9 Å². The van der Waals surface area contributed by atoms with Gasteiger partial charge in [0.15, 0.2) is 58.2 Å². The normalized spacial score (nSPS) is 14.0. The first-order chi connectivity index (χ1) is 37.8. The summed E-state index contributed by atoms with van der Waals surface area (Å²) in [5.41, 5.74) is -14.6. The second kappa shape index (κ2) is 20.1. The third-order valence-electron chi connectivity index (χ3n) is 12.6. The molecule has 2 aliphatic rings. The van der Waals surface area contributed by atoms with Crippen LogP contribution in [0.3, 0.4) is 0 Å². The van der Waals surface area contributed by atoms with Crippen LogP contribution in [0, 0.1) is 115 Å². The van der Waals surface area contributed by atoms with Crippen molar-refractivity contribution >= 4 is 22.3 Å². The summed E-state index contributed by atoms with van der Waals surface area (Å²) in [7, 11) is 0. The Hall–Kier alpha value is -11.4. The molecule has 0 fully saturated rings. The Kier molecular flexibility index (Phi) is 12.9. The van der Waals surface area contributed by atoms with Gasteiger partial charge in [0.05, 0.1) is 56.2 Å². The van der Waals surface area contributed by atoms with Gasteiger partial charge in [-0.2, -0.15) is 31.6 Å². The summed E-state index contributed by atoms with van der Waals surface area (Å²) in [5, 5.41) is 64.7. The van der Waals surface area contributed by atoms with E-state index in [-0.39, 0.29) is 22.8 Å². The molecule has 0 amide bonds. The third kappa shape index (κ3) is 8.00. The van der Waals surface area contributed by atoms with Gasteiger partial charge in [-0.05, 0) is 12.1 Å². The molecule has 2 aromatic heterocycles. The number of hydrogen-bond donors (Lipinski definition) is 0. The minimum absolute atomic E-state index is 0.0828. The molecule has 10 rings (SSSR count). The topological polar surface area (TPSA) is 194 Å². The largest absolute Gasteiger partial charge is 0.228 e. The van der Waals surface area contributed by atoms with Crippen molar-refractivity contribution < 1.29 is 35.1 Å². The second-order valence-corrected chi connectivity index (χ2v) is 16.8. The molecular formula is C60H22F8N10. The quantitative estimate of drug-likeness (QED) is 0.0802. The van der Waals surface area contributed by atoms with Gasteiger partial charge in [0.2, 0.25) is 0 Å². The van der Waals surface area contributed by atoms with Gasteiger partial charge in [0, 0.05) is 55.7 Å². The predicted molar refractivity (Wildman–Crippen MR) is 265 cm³/mol. The molecule has 0 saturated carbocycles. The van der Waals surface area contributed by atoms with E-state index in [0.717, 1.165) is 12.1 Å². The van der Waals surface area contributed by atoms with Crippen LogP contribution in [0.1, 0.15) is 33.9 Å². The SMILES string of the molecule is N#CC1=C(c2nc(-c3ccccc3)cc(-c3ccccc3)n2)/C(=C(\C#N)c2c(F)c(F)c(C#N)c(F)c2F)C2=C1/C(=C(/C#N)c1c(F)c(F)c(C#N)c(F)c1F)C(c1nc(-c3ccccc3)cc(-c3ccccc3)n1)=C2C#N. The molecule has 368 valence electrons. The van der Waals surface area contributed by atoms with Gasteiger partial charge in [-0.1, -0.05) is 121 Å². The summed E-state index contributed by atoms with van der Waals surface area (Å²) in [6.07, 6.45) is 0. The Morgan fingerprint density at radius 1 is 0.321 bits per heavy atom. The zero-order valence-electron chi connectivity index (χ0n) is 39.2. The van der Waals surface area contributed by atoms with Crippen molar-refractivity contribution in [3.8, 4) is 81.4 Å². The van der Waals surface area contributed by atoms with Crippen LogP contribution in [0.15, 0.2) is 167 Å². The van der Waals surface area contributed by atoms with Gasteiger partial charge >= 0.3 is 0 Å². The summed E-state index contributed by atoms with van der Waals surface area (Å²) < 4.78 is 130. The van der Waals surface area contributed by atoms with Crippen LogP contribution in [0.4, 0.5) is 35.1 Å². The number of nitriles is 6. The second-order valence-electron chi connectivity index (χ2n) is 16.8. The summed E-state index contributed by atoms with van der Waals surface area (Å²) in [4.78, 5) is 18.9. The van der Waals surface area contributed by atoms with Gasteiger partial charge < -0.3 is 0 Å². The van der Waals surface area contributed by atoms with Crippen LogP contribution >= 0.6 is 0 Å². The monoisotopic (exact) mass is 1030 g/mol. The van der Waals surface area contributed by atoms with Gasteiger partial charge in [-0.3, -0.25) is 0 Å².